The van der Waals surface area contributed by atoms with Crippen LogP contribution in [-0.2, 0) is 0 Å². The Balaban J connectivity index is 1.44. The molecular weight excluding hydrogens is 350 g/mol. The molecule has 7 nitrogen and oxygen atoms in total. The van der Waals surface area contributed by atoms with Gasteiger partial charge in [-0.1, -0.05) is 6.92 Å². The molecule has 1 saturated carbocycles. The third-order valence-corrected chi connectivity index (χ3v) is 5.53. The van der Waals surface area contributed by atoms with E-state index in [0.29, 0.717) is 17.8 Å². The number of benzene rings is 1. The molecule has 2 aliphatic rings. The minimum Gasteiger partial charge on any atom is -0.340 e. The molecule has 0 amide bonds. The number of aromatic amines is 1. The summed E-state index contributed by atoms with van der Waals surface area (Å²) in [7, 11) is 0. The highest BCUT2D eigenvalue weighted by molar-refractivity contribution is 5.88. The van der Waals surface area contributed by atoms with Crippen LogP contribution in [0.5, 0.6) is 0 Å². The first-order valence-corrected chi connectivity index (χ1v) is 10.1. The van der Waals surface area contributed by atoms with E-state index in [1.54, 1.807) is 0 Å². The van der Waals surface area contributed by atoms with Crippen molar-refractivity contribution >= 4 is 34.1 Å². The highest BCUT2D eigenvalue weighted by atomic mass is 15.1. The van der Waals surface area contributed by atoms with Crippen LogP contribution in [0.3, 0.4) is 0 Å². The van der Waals surface area contributed by atoms with Gasteiger partial charge in [0.25, 0.3) is 5.95 Å². The summed E-state index contributed by atoms with van der Waals surface area (Å²) >= 11 is 0. The molecule has 1 saturated heterocycles. The molecule has 2 fully saturated rings. The van der Waals surface area contributed by atoms with Gasteiger partial charge in [-0.25, -0.2) is 9.98 Å². The van der Waals surface area contributed by atoms with Crippen LogP contribution in [0.2, 0.25) is 0 Å². The number of hydrogen-bond acceptors (Lipinski definition) is 6. The third-order valence-electron chi connectivity index (χ3n) is 5.53. The molecule has 3 aromatic rings. The lowest BCUT2D eigenvalue weighted by Crippen LogP contribution is -2.22. The second-order valence-corrected chi connectivity index (χ2v) is 8.00. The zero-order chi connectivity index (χ0) is 18.9. The van der Waals surface area contributed by atoms with E-state index in [2.05, 4.69) is 38.8 Å². The van der Waals surface area contributed by atoms with Gasteiger partial charge in [0.05, 0.1) is 11.7 Å². The molecule has 1 unspecified atom stereocenters. The number of nitrogens with zero attached hydrogens (tertiary/aromatic N) is 4. The topological polar surface area (TPSA) is 90.9 Å². The number of fused-ring (bicyclic) bond motifs is 1. The molecule has 2 aromatic heterocycles. The van der Waals surface area contributed by atoms with Crippen LogP contribution >= 0.6 is 0 Å². The summed E-state index contributed by atoms with van der Waals surface area (Å²) in [5.74, 6) is 2.65. The molecule has 0 spiro atoms. The molecule has 144 valence electrons. The fourth-order valence-electron chi connectivity index (χ4n) is 3.69. The highest BCUT2D eigenvalue weighted by Gasteiger charge is 2.28. The number of anilines is 2. The number of rotatable bonds is 4. The van der Waals surface area contributed by atoms with Crippen molar-refractivity contribution in [3.8, 4) is 0 Å². The van der Waals surface area contributed by atoms with Crippen molar-refractivity contribution in [1.82, 2.24) is 25.5 Å². The summed E-state index contributed by atoms with van der Waals surface area (Å²) in [5.41, 5.74) is 4.34. The van der Waals surface area contributed by atoms with Crippen LogP contribution in [0.4, 0.5) is 17.5 Å². The Labute approximate surface area is 164 Å². The lowest BCUT2D eigenvalue weighted by molar-refractivity contribution is 0.527. The first-order valence-electron chi connectivity index (χ1n) is 10.1. The molecule has 1 aromatic carbocycles. The van der Waals surface area contributed by atoms with Gasteiger partial charge in [0, 0.05) is 35.1 Å². The van der Waals surface area contributed by atoms with Crippen LogP contribution in [0.1, 0.15) is 44.1 Å². The van der Waals surface area contributed by atoms with Gasteiger partial charge in [0.1, 0.15) is 5.82 Å². The van der Waals surface area contributed by atoms with E-state index in [1.807, 2.05) is 24.5 Å². The second-order valence-electron chi connectivity index (χ2n) is 8.00. The Morgan fingerprint density at radius 1 is 1.18 bits per heavy atom. The minimum absolute atomic E-state index is 0.544. The molecule has 1 aliphatic carbocycles. The molecule has 5 rings (SSSR count). The van der Waals surface area contributed by atoms with E-state index < -0.39 is 0 Å². The normalized spacial score (nSPS) is 21.8. The van der Waals surface area contributed by atoms with Crippen molar-refractivity contribution in [1.29, 1.82) is 0 Å². The lowest BCUT2D eigenvalue weighted by Gasteiger charge is -2.11. The van der Waals surface area contributed by atoms with Gasteiger partial charge >= 0.3 is 0 Å². The molecule has 1 atom stereocenters. The quantitative estimate of drug-likeness (QED) is 0.639. The first-order chi connectivity index (χ1) is 13.7. The standard InChI is InChI=1S/C21H25N7/c1-13-2-5-17(11-22-9-13)26-21-23-12-18(14-3-4-14)20(27-21)25-16-6-7-19-15(8-16)10-24-28-19/h6-8,10,12-14,22H,2-5,9,11H2,1H3,(H,24,28)(H,23,25,27)/b26-17-. The zero-order valence-electron chi connectivity index (χ0n) is 16.1. The Bertz CT molecular complexity index is 1020. The monoisotopic (exact) mass is 375 g/mol. The van der Waals surface area contributed by atoms with Crippen LogP contribution in [-0.4, -0.2) is 39.0 Å². The van der Waals surface area contributed by atoms with Crippen molar-refractivity contribution in [3.63, 3.8) is 0 Å². The highest BCUT2D eigenvalue weighted by Crippen LogP contribution is 2.43. The van der Waals surface area contributed by atoms with Crippen LogP contribution in [0, 0.1) is 5.92 Å². The van der Waals surface area contributed by atoms with Gasteiger partial charge < -0.3 is 10.6 Å². The molecule has 1 aliphatic heterocycles. The van der Waals surface area contributed by atoms with Crippen molar-refractivity contribution in [2.24, 2.45) is 10.9 Å². The summed E-state index contributed by atoms with van der Waals surface area (Å²) in [6.45, 7) is 4.14. The van der Waals surface area contributed by atoms with Gasteiger partial charge in [0.15, 0.2) is 0 Å². The summed E-state index contributed by atoms with van der Waals surface area (Å²) in [5, 5.41) is 15.1. The summed E-state index contributed by atoms with van der Waals surface area (Å²) in [6, 6.07) is 6.16. The van der Waals surface area contributed by atoms with Crippen LogP contribution < -0.4 is 10.6 Å². The van der Waals surface area contributed by atoms with Crippen molar-refractivity contribution < 1.29 is 0 Å². The van der Waals surface area contributed by atoms with Crippen molar-refractivity contribution in [2.75, 3.05) is 18.4 Å². The molecular formula is C21H25N7. The molecule has 28 heavy (non-hydrogen) atoms. The largest absolute Gasteiger partial charge is 0.340 e. The maximum Gasteiger partial charge on any atom is 0.251 e. The van der Waals surface area contributed by atoms with E-state index in [1.165, 1.54) is 18.4 Å². The van der Waals surface area contributed by atoms with E-state index in [0.717, 1.165) is 54.1 Å². The van der Waals surface area contributed by atoms with Crippen LogP contribution in [0.25, 0.3) is 10.9 Å². The van der Waals surface area contributed by atoms with E-state index in [-0.39, 0.29) is 0 Å². The minimum atomic E-state index is 0.544. The van der Waals surface area contributed by atoms with Crippen molar-refractivity contribution in [3.05, 3.63) is 36.2 Å². The number of aliphatic imine (C=N–C) groups is 1. The number of nitrogens with one attached hydrogen (secondary N) is 3. The molecule has 7 heteroatoms. The number of hydrogen-bond donors (Lipinski definition) is 3. The zero-order valence-corrected chi connectivity index (χ0v) is 16.1. The Hall–Kier alpha value is -2.80. The fraction of sp³-hybridized carbons (Fsp3) is 0.429. The average molecular weight is 375 g/mol. The first kappa shape index (κ1) is 17.3. The van der Waals surface area contributed by atoms with Gasteiger partial charge in [-0.05, 0) is 62.3 Å². The summed E-state index contributed by atoms with van der Waals surface area (Å²) in [4.78, 5) is 14.1. The Morgan fingerprint density at radius 2 is 2.11 bits per heavy atom. The van der Waals surface area contributed by atoms with Crippen LogP contribution in [0.15, 0.2) is 35.6 Å². The SMILES string of the molecule is CC1CC/C(=N/c2ncc(C3CC3)c(Nc3ccc4[nH]ncc4c3)n2)CNC1. The van der Waals surface area contributed by atoms with Gasteiger partial charge in [-0.2, -0.15) is 10.1 Å². The predicted molar refractivity (Wildman–Crippen MR) is 112 cm³/mol. The molecule has 3 N–H and O–H groups in total. The van der Waals surface area contributed by atoms with E-state index in [4.69, 9.17) is 9.98 Å². The third kappa shape index (κ3) is 3.75. The van der Waals surface area contributed by atoms with E-state index >= 15 is 0 Å². The average Bonchev–Trinajstić information content (AvgIpc) is 3.46. The predicted octanol–water partition coefficient (Wildman–Crippen LogP) is 4.07. The van der Waals surface area contributed by atoms with Gasteiger partial charge in [0.2, 0.25) is 0 Å². The fourth-order valence-corrected chi connectivity index (χ4v) is 3.69. The van der Waals surface area contributed by atoms with E-state index in [9.17, 15) is 0 Å². The van der Waals surface area contributed by atoms with Gasteiger partial charge in [-0.3, -0.25) is 5.10 Å². The van der Waals surface area contributed by atoms with Gasteiger partial charge in [-0.15, -0.1) is 0 Å². The van der Waals surface area contributed by atoms with Crippen molar-refractivity contribution in [2.45, 2.75) is 38.5 Å². The number of aromatic nitrogens is 4. The molecule has 3 heterocycles. The molecule has 0 bridgehead atoms. The Morgan fingerprint density at radius 3 is 3.00 bits per heavy atom. The Kier molecular flexibility index (Phi) is 4.52. The molecule has 0 radical (unpaired) electrons. The lowest BCUT2D eigenvalue weighted by atomic mass is 10.1. The second kappa shape index (κ2) is 7.31. The summed E-state index contributed by atoms with van der Waals surface area (Å²) < 4.78 is 0. The maximum atomic E-state index is 4.78. The summed E-state index contributed by atoms with van der Waals surface area (Å²) in [6.07, 6.45) is 8.35. The maximum absolute atomic E-state index is 4.78. The number of H-pyrrole nitrogens is 1. The smallest absolute Gasteiger partial charge is 0.251 e.